The van der Waals surface area contributed by atoms with E-state index in [2.05, 4.69) is 9.46 Å². The first-order valence-electron chi connectivity index (χ1n) is 6.12. The number of sulfonamides is 1. The molecule has 0 heterocycles. The molecule has 112 valence electrons. The van der Waals surface area contributed by atoms with Gasteiger partial charge in [-0.1, -0.05) is 0 Å². The lowest BCUT2D eigenvalue weighted by molar-refractivity contribution is -0.140. The first-order chi connectivity index (χ1) is 9.25. The highest BCUT2D eigenvalue weighted by molar-refractivity contribution is 7.92. The SMILES string of the molecule is COC(=O)CCCS(=O)(=O)Nc1cc(C)c(O)cc1C. The van der Waals surface area contributed by atoms with Gasteiger partial charge in [-0.2, -0.15) is 0 Å². The lowest BCUT2D eigenvalue weighted by Crippen LogP contribution is -2.18. The van der Waals surface area contributed by atoms with E-state index in [1.165, 1.54) is 13.2 Å². The Labute approximate surface area is 118 Å². The number of carbonyl (C=O) groups excluding carboxylic acids is 1. The molecule has 0 saturated heterocycles. The molecule has 0 spiro atoms. The van der Waals surface area contributed by atoms with Gasteiger partial charge >= 0.3 is 5.97 Å². The number of rotatable bonds is 6. The molecular weight excluding hydrogens is 282 g/mol. The number of phenols is 1. The molecule has 6 nitrogen and oxygen atoms in total. The molecule has 1 aromatic carbocycles. The number of anilines is 1. The van der Waals surface area contributed by atoms with Gasteiger partial charge in [0, 0.05) is 6.42 Å². The standard InChI is InChI=1S/C13H19NO5S/c1-9-8-12(15)10(2)7-11(9)14-20(17,18)6-4-5-13(16)19-3/h7-8,14-15H,4-6H2,1-3H3. The van der Waals surface area contributed by atoms with Crippen LogP contribution in [-0.4, -0.2) is 32.4 Å². The van der Waals surface area contributed by atoms with Crippen molar-refractivity contribution in [2.75, 3.05) is 17.6 Å². The number of aryl methyl sites for hydroxylation is 2. The molecule has 0 radical (unpaired) electrons. The molecule has 1 aromatic rings. The van der Waals surface area contributed by atoms with Crippen LogP contribution in [-0.2, 0) is 19.6 Å². The van der Waals surface area contributed by atoms with Crippen molar-refractivity contribution < 1.29 is 23.1 Å². The topological polar surface area (TPSA) is 92.7 Å². The summed E-state index contributed by atoms with van der Waals surface area (Å²) in [6, 6.07) is 3.07. The summed E-state index contributed by atoms with van der Waals surface area (Å²) in [7, 11) is -2.27. The fourth-order valence-corrected chi connectivity index (χ4v) is 2.82. The van der Waals surface area contributed by atoms with Gasteiger partial charge in [0.15, 0.2) is 0 Å². The third-order valence-electron chi connectivity index (χ3n) is 2.83. The van der Waals surface area contributed by atoms with E-state index in [1.54, 1.807) is 19.9 Å². The summed E-state index contributed by atoms with van der Waals surface area (Å²) in [6.45, 7) is 3.38. The largest absolute Gasteiger partial charge is 0.508 e. The van der Waals surface area contributed by atoms with E-state index in [0.717, 1.165) is 0 Å². The number of ether oxygens (including phenoxy) is 1. The Balaban J connectivity index is 2.71. The average molecular weight is 301 g/mol. The van der Waals surface area contributed by atoms with Crippen molar-refractivity contribution >= 4 is 21.7 Å². The zero-order chi connectivity index (χ0) is 15.3. The summed E-state index contributed by atoms with van der Waals surface area (Å²) in [5.41, 5.74) is 1.64. The highest BCUT2D eigenvalue weighted by Crippen LogP contribution is 2.25. The number of phenolic OH excluding ortho intramolecular Hbond substituents is 1. The Morgan fingerprint density at radius 2 is 1.95 bits per heavy atom. The van der Waals surface area contributed by atoms with Gasteiger partial charge in [-0.25, -0.2) is 8.42 Å². The van der Waals surface area contributed by atoms with Crippen LogP contribution in [0.1, 0.15) is 24.0 Å². The van der Waals surface area contributed by atoms with Crippen molar-refractivity contribution in [3.8, 4) is 5.75 Å². The highest BCUT2D eigenvalue weighted by atomic mass is 32.2. The average Bonchev–Trinajstić information content (AvgIpc) is 2.35. The van der Waals surface area contributed by atoms with Gasteiger partial charge in [0.1, 0.15) is 5.75 Å². The Morgan fingerprint density at radius 1 is 1.30 bits per heavy atom. The van der Waals surface area contributed by atoms with Crippen molar-refractivity contribution in [3.63, 3.8) is 0 Å². The van der Waals surface area contributed by atoms with Gasteiger partial charge in [0.2, 0.25) is 10.0 Å². The van der Waals surface area contributed by atoms with Crippen molar-refractivity contribution in [2.45, 2.75) is 26.7 Å². The molecule has 0 aliphatic heterocycles. The van der Waals surface area contributed by atoms with Crippen molar-refractivity contribution in [1.29, 1.82) is 0 Å². The number of hydrogen-bond donors (Lipinski definition) is 2. The second-order valence-electron chi connectivity index (χ2n) is 4.55. The minimum atomic E-state index is -3.53. The van der Waals surface area contributed by atoms with E-state index in [4.69, 9.17) is 0 Å². The van der Waals surface area contributed by atoms with Gasteiger partial charge in [-0.05, 0) is 43.5 Å². The monoisotopic (exact) mass is 301 g/mol. The third kappa shape index (κ3) is 4.73. The fourth-order valence-electron chi connectivity index (χ4n) is 1.64. The molecule has 0 bridgehead atoms. The van der Waals surface area contributed by atoms with E-state index in [1.807, 2.05) is 0 Å². The first-order valence-corrected chi connectivity index (χ1v) is 7.78. The van der Waals surface area contributed by atoms with Crippen molar-refractivity contribution in [3.05, 3.63) is 23.3 Å². The molecule has 1 rings (SSSR count). The maximum absolute atomic E-state index is 11.9. The molecule has 0 aliphatic rings. The van der Waals surface area contributed by atoms with Crippen LogP contribution >= 0.6 is 0 Å². The molecule has 20 heavy (non-hydrogen) atoms. The van der Waals surface area contributed by atoms with E-state index in [-0.39, 0.29) is 24.3 Å². The van der Waals surface area contributed by atoms with Crippen LogP contribution in [0.3, 0.4) is 0 Å². The number of nitrogens with one attached hydrogen (secondary N) is 1. The number of carbonyl (C=O) groups is 1. The molecule has 0 saturated carbocycles. The minimum Gasteiger partial charge on any atom is -0.508 e. The molecule has 0 aromatic heterocycles. The number of aromatic hydroxyl groups is 1. The maximum atomic E-state index is 11.9. The summed E-state index contributed by atoms with van der Waals surface area (Å²) >= 11 is 0. The molecule has 2 N–H and O–H groups in total. The third-order valence-corrected chi connectivity index (χ3v) is 4.19. The fraction of sp³-hybridized carbons (Fsp3) is 0.462. The Kier molecular flexibility index (Phi) is 5.38. The summed E-state index contributed by atoms with van der Waals surface area (Å²) < 4.78 is 30.7. The lowest BCUT2D eigenvalue weighted by Gasteiger charge is -2.12. The quantitative estimate of drug-likeness (QED) is 0.616. The molecule has 7 heteroatoms. The second-order valence-corrected chi connectivity index (χ2v) is 6.40. The van der Waals surface area contributed by atoms with Gasteiger partial charge in [-0.3, -0.25) is 9.52 Å². The van der Waals surface area contributed by atoms with E-state index >= 15 is 0 Å². The second kappa shape index (κ2) is 6.60. The van der Waals surface area contributed by atoms with Crippen molar-refractivity contribution in [2.24, 2.45) is 0 Å². The number of methoxy groups -OCH3 is 1. The van der Waals surface area contributed by atoms with E-state index < -0.39 is 16.0 Å². The Bertz CT molecular complexity index is 595. The Hall–Kier alpha value is -1.76. The first kappa shape index (κ1) is 16.3. The van der Waals surface area contributed by atoms with Crippen LogP contribution in [0.5, 0.6) is 5.75 Å². The summed E-state index contributed by atoms with van der Waals surface area (Å²) in [6.07, 6.45) is 0.253. The molecular formula is C13H19NO5S. The zero-order valence-corrected chi connectivity index (χ0v) is 12.6. The molecule has 0 atom stereocenters. The zero-order valence-electron chi connectivity index (χ0n) is 11.8. The van der Waals surface area contributed by atoms with Crippen LogP contribution in [0.2, 0.25) is 0 Å². The summed E-state index contributed by atoms with van der Waals surface area (Å²) in [5.74, 6) is -0.477. The predicted octanol–water partition coefficient (Wildman–Crippen LogP) is 1.70. The van der Waals surface area contributed by atoms with Gasteiger partial charge < -0.3 is 9.84 Å². The number of esters is 1. The maximum Gasteiger partial charge on any atom is 0.305 e. The lowest BCUT2D eigenvalue weighted by atomic mass is 10.1. The molecule has 0 aliphatic carbocycles. The molecule has 0 amide bonds. The van der Waals surface area contributed by atoms with Crippen LogP contribution in [0.25, 0.3) is 0 Å². The van der Waals surface area contributed by atoms with Crippen LogP contribution in [0.15, 0.2) is 12.1 Å². The smallest absolute Gasteiger partial charge is 0.305 e. The van der Waals surface area contributed by atoms with Crippen LogP contribution in [0.4, 0.5) is 5.69 Å². The van der Waals surface area contributed by atoms with E-state index in [9.17, 15) is 18.3 Å². The Morgan fingerprint density at radius 3 is 2.55 bits per heavy atom. The molecule has 0 fully saturated rings. The van der Waals surface area contributed by atoms with Gasteiger partial charge in [0.05, 0.1) is 18.6 Å². The molecule has 0 unspecified atom stereocenters. The predicted molar refractivity (Wildman–Crippen MR) is 76.2 cm³/mol. The van der Waals surface area contributed by atoms with Gasteiger partial charge in [0.25, 0.3) is 0 Å². The van der Waals surface area contributed by atoms with Crippen LogP contribution < -0.4 is 4.72 Å². The van der Waals surface area contributed by atoms with E-state index in [0.29, 0.717) is 16.8 Å². The summed E-state index contributed by atoms with van der Waals surface area (Å²) in [4.78, 5) is 10.9. The number of benzene rings is 1. The van der Waals surface area contributed by atoms with Crippen molar-refractivity contribution in [1.82, 2.24) is 0 Å². The normalized spacial score (nSPS) is 11.2. The minimum absolute atomic E-state index is 0.0605. The van der Waals surface area contributed by atoms with Gasteiger partial charge in [-0.15, -0.1) is 0 Å². The number of hydrogen-bond acceptors (Lipinski definition) is 5. The van der Waals surface area contributed by atoms with Crippen LogP contribution in [0, 0.1) is 13.8 Å². The summed E-state index contributed by atoms with van der Waals surface area (Å²) in [5, 5.41) is 9.52. The highest BCUT2D eigenvalue weighted by Gasteiger charge is 2.14.